The molecule has 0 atom stereocenters. The van der Waals surface area contributed by atoms with Crippen molar-refractivity contribution in [2.75, 3.05) is 10.6 Å². The Labute approximate surface area is 182 Å². The normalized spacial score (nSPS) is 18.8. The molecule has 0 aliphatic heterocycles. The Bertz CT molecular complexity index is 1160. The van der Waals surface area contributed by atoms with Gasteiger partial charge in [0.15, 0.2) is 5.65 Å². The molecule has 2 heterocycles. The van der Waals surface area contributed by atoms with Gasteiger partial charge in [-0.2, -0.15) is 9.61 Å². The molecule has 0 saturated heterocycles. The Morgan fingerprint density at radius 3 is 2.35 bits per heavy atom. The predicted octanol–water partition coefficient (Wildman–Crippen LogP) is 5.13. The fourth-order valence-corrected chi connectivity index (χ4v) is 4.28. The van der Waals surface area contributed by atoms with Gasteiger partial charge >= 0.3 is 0 Å². The lowest BCUT2D eigenvalue weighted by atomic mass is 9.92. The van der Waals surface area contributed by atoms with Crippen molar-refractivity contribution in [3.05, 3.63) is 72.4 Å². The number of anilines is 3. The average molecular weight is 413 g/mol. The Kier molecular flexibility index (Phi) is 5.30. The summed E-state index contributed by atoms with van der Waals surface area (Å²) in [4.78, 5) is 4.82. The number of nitrogens with zero attached hydrogens (tertiary/aromatic N) is 3. The maximum Gasteiger partial charge on any atom is 0.159 e. The number of aromatic nitrogens is 3. The minimum absolute atomic E-state index is 0.334. The van der Waals surface area contributed by atoms with Gasteiger partial charge in [0, 0.05) is 29.4 Å². The Morgan fingerprint density at radius 1 is 0.903 bits per heavy atom. The first kappa shape index (κ1) is 19.6. The zero-order chi connectivity index (χ0) is 21.2. The van der Waals surface area contributed by atoms with Crippen LogP contribution in [0, 0.1) is 6.92 Å². The van der Waals surface area contributed by atoms with Crippen LogP contribution in [0.15, 0.2) is 66.9 Å². The first-order valence-electron chi connectivity index (χ1n) is 11.0. The van der Waals surface area contributed by atoms with Gasteiger partial charge in [-0.15, -0.1) is 0 Å². The van der Waals surface area contributed by atoms with Crippen molar-refractivity contribution < 1.29 is 0 Å². The molecule has 0 unspecified atom stereocenters. The van der Waals surface area contributed by atoms with Gasteiger partial charge in [0.1, 0.15) is 11.6 Å². The smallest absolute Gasteiger partial charge is 0.159 e. The van der Waals surface area contributed by atoms with Gasteiger partial charge in [-0.05, 0) is 55.9 Å². The number of nitrogens with one attached hydrogen (secondary N) is 2. The molecule has 0 radical (unpaired) electrons. The van der Waals surface area contributed by atoms with Crippen molar-refractivity contribution in [2.24, 2.45) is 5.73 Å². The van der Waals surface area contributed by atoms with Crippen molar-refractivity contribution in [3.63, 3.8) is 0 Å². The fraction of sp³-hybridized carbons (Fsp3) is 0.280. The van der Waals surface area contributed by atoms with E-state index in [0.717, 1.165) is 54.2 Å². The van der Waals surface area contributed by atoms with E-state index in [2.05, 4.69) is 71.2 Å². The zero-order valence-corrected chi connectivity index (χ0v) is 17.8. The van der Waals surface area contributed by atoms with E-state index in [-0.39, 0.29) is 0 Å². The van der Waals surface area contributed by atoms with E-state index in [9.17, 15) is 0 Å². The van der Waals surface area contributed by atoms with Gasteiger partial charge in [0.25, 0.3) is 0 Å². The third-order valence-electron chi connectivity index (χ3n) is 6.14. The molecule has 0 bridgehead atoms. The second-order valence-corrected chi connectivity index (χ2v) is 8.36. The highest BCUT2D eigenvalue weighted by Gasteiger charge is 2.21. The summed E-state index contributed by atoms with van der Waals surface area (Å²) in [6.07, 6.45) is 6.07. The van der Waals surface area contributed by atoms with Gasteiger partial charge in [0.2, 0.25) is 0 Å². The molecule has 2 aromatic heterocycles. The summed E-state index contributed by atoms with van der Waals surface area (Å²) in [7, 11) is 0. The lowest BCUT2D eigenvalue weighted by molar-refractivity contribution is 0.410. The lowest BCUT2D eigenvalue weighted by Crippen LogP contribution is -2.33. The number of rotatable bonds is 5. The van der Waals surface area contributed by atoms with Crippen molar-refractivity contribution in [2.45, 2.75) is 44.7 Å². The fourth-order valence-electron chi connectivity index (χ4n) is 4.28. The summed E-state index contributed by atoms with van der Waals surface area (Å²) >= 11 is 0. The van der Waals surface area contributed by atoms with Crippen LogP contribution >= 0.6 is 0 Å². The molecule has 4 aromatic rings. The Balaban J connectivity index is 1.42. The highest BCUT2D eigenvalue weighted by Crippen LogP contribution is 2.30. The van der Waals surface area contributed by atoms with E-state index < -0.39 is 0 Å². The van der Waals surface area contributed by atoms with Crippen LogP contribution in [0.25, 0.3) is 16.8 Å². The van der Waals surface area contributed by atoms with Crippen molar-refractivity contribution in [1.29, 1.82) is 0 Å². The van der Waals surface area contributed by atoms with Crippen molar-refractivity contribution in [1.82, 2.24) is 14.6 Å². The summed E-state index contributed by atoms with van der Waals surface area (Å²) < 4.78 is 1.86. The van der Waals surface area contributed by atoms with Crippen LogP contribution in [-0.4, -0.2) is 26.7 Å². The quantitative estimate of drug-likeness (QED) is 0.423. The Hall–Kier alpha value is -3.38. The summed E-state index contributed by atoms with van der Waals surface area (Å²) in [5.41, 5.74) is 11.4. The highest BCUT2D eigenvalue weighted by molar-refractivity contribution is 5.71. The van der Waals surface area contributed by atoms with E-state index in [1.807, 2.05) is 16.6 Å². The average Bonchev–Trinajstić information content (AvgIpc) is 3.27. The maximum absolute atomic E-state index is 6.07. The summed E-state index contributed by atoms with van der Waals surface area (Å²) in [5, 5.41) is 11.7. The van der Waals surface area contributed by atoms with Gasteiger partial charge in [0.05, 0.1) is 6.20 Å². The van der Waals surface area contributed by atoms with Crippen molar-refractivity contribution in [3.8, 4) is 11.1 Å². The molecule has 1 aliphatic carbocycles. The van der Waals surface area contributed by atoms with E-state index in [1.54, 1.807) is 6.20 Å². The molecule has 6 heteroatoms. The van der Waals surface area contributed by atoms with Gasteiger partial charge in [-0.1, -0.05) is 42.5 Å². The number of fused-ring (bicyclic) bond motifs is 1. The third-order valence-corrected chi connectivity index (χ3v) is 6.14. The topological polar surface area (TPSA) is 80.3 Å². The first-order chi connectivity index (χ1) is 15.2. The molecular weight excluding hydrogens is 384 g/mol. The number of nitrogens with two attached hydrogens (primary N) is 1. The molecule has 158 valence electrons. The monoisotopic (exact) mass is 412 g/mol. The molecule has 1 aliphatic rings. The molecule has 31 heavy (non-hydrogen) atoms. The van der Waals surface area contributed by atoms with E-state index in [4.69, 9.17) is 10.7 Å². The number of hydrogen-bond acceptors (Lipinski definition) is 5. The van der Waals surface area contributed by atoms with Gasteiger partial charge in [-0.3, -0.25) is 0 Å². The second kappa shape index (κ2) is 8.40. The minimum Gasteiger partial charge on any atom is -0.367 e. The van der Waals surface area contributed by atoms with E-state index in [1.165, 1.54) is 11.1 Å². The van der Waals surface area contributed by atoms with Crippen molar-refractivity contribution >= 4 is 23.0 Å². The molecule has 0 spiro atoms. The first-order valence-corrected chi connectivity index (χ1v) is 11.0. The second-order valence-electron chi connectivity index (χ2n) is 8.36. The van der Waals surface area contributed by atoms with Gasteiger partial charge < -0.3 is 16.4 Å². The SMILES string of the molecule is Cc1c(NC2CCC(N)CC2)nc2ccnn2c1Nc1ccc(-c2ccccc2)cc1. The summed E-state index contributed by atoms with van der Waals surface area (Å²) in [6.45, 7) is 2.09. The standard InChI is InChI=1S/C25H28N6/c1-17-24(28-21-13-9-20(26)10-14-21)30-23-15-16-27-31(23)25(17)29-22-11-7-19(8-12-22)18-5-3-2-4-6-18/h2-8,11-12,15-16,20-21,29H,9-10,13-14,26H2,1H3,(H,28,30). The minimum atomic E-state index is 0.334. The molecular formula is C25H28N6. The third kappa shape index (κ3) is 4.11. The predicted molar refractivity (Wildman–Crippen MR) is 127 cm³/mol. The molecule has 1 fully saturated rings. The van der Waals surface area contributed by atoms with E-state index >= 15 is 0 Å². The molecule has 6 nitrogen and oxygen atoms in total. The number of benzene rings is 2. The summed E-state index contributed by atoms with van der Waals surface area (Å²) in [5.74, 6) is 1.84. The van der Waals surface area contributed by atoms with Crippen LogP contribution in [0.1, 0.15) is 31.2 Å². The van der Waals surface area contributed by atoms with Crippen LogP contribution in [-0.2, 0) is 0 Å². The zero-order valence-electron chi connectivity index (χ0n) is 17.8. The van der Waals surface area contributed by atoms with E-state index in [0.29, 0.717) is 12.1 Å². The summed E-state index contributed by atoms with van der Waals surface area (Å²) in [6, 6.07) is 21.6. The Morgan fingerprint density at radius 2 is 1.61 bits per heavy atom. The molecule has 4 N–H and O–H groups in total. The molecule has 1 saturated carbocycles. The van der Waals surface area contributed by atoms with Crippen LogP contribution in [0.2, 0.25) is 0 Å². The van der Waals surface area contributed by atoms with Crippen LogP contribution in [0.5, 0.6) is 0 Å². The van der Waals surface area contributed by atoms with Gasteiger partial charge in [-0.25, -0.2) is 4.98 Å². The van der Waals surface area contributed by atoms with Crippen LogP contribution in [0.3, 0.4) is 0 Å². The number of hydrogen-bond donors (Lipinski definition) is 3. The maximum atomic E-state index is 6.07. The largest absolute Gasteiger partial charge is 0.367 e. The lowest BCUT2D eigenvalue weighted by Gasteiger charge is -2.28. The molecule has 0 amide bonds. The molecule has 2 aromatic carbocycles. The highest BCUT2D eigenvalue weighted by atomic mass is 15.3. The van der Waals surface area contributed by atoms with Crippen LogP contribution < -0.4 is 16.4 Å². The van der Waals surface area contributed by atoms with Crippen LogP contribution in [0.4, 0.5) is 17.3 Å². The molecule has 5 rings (SSSR count).